The van der Waals surface area contributed by atoms with Crippen LogP contribution in [0.1, 0.15) is 71.1 Å². The lowest BCUT2D eigenvalue weighted by Gasteiger charge is -2.01. The first kappa shape index (κ1) is 16.2. The molecule has 0 aliphatic heterocycles. The number of carbonyl (C=O) groups is 1. The van der Waals surface area contributed by atoms with E-state index in [-0.39, 0.29) is 0 Å². The van der Waals surface area contributed by atoms with Gasteiger partial charge in [0.1, 0.15) is 6.29 Å². The Morgan fingerprint density at radius 3 is 2.35 bits per heavy atom. The SMILES string of the molecule is CCCCCC=COCCCCCCCC=O. The molecule has 0 rings (SSSR count). The zero-order valence-electron chi connectivity index (χ0n) is 11.3. The second kappa shape index (κ2) is 15.2. The Hall–Kier alpha value is -0.790. The Morgan fingerprint density at radius 2 is 1.59 bits per heavy atom. The molecule has 0 unspecified atom stereocenters. The molecule has 2 nitrogen and oxygen atoms in total. The van der Waals surface area contributed by atoms with Crippen molar-refractivity contribution in [3.8, 4) is 0 Å². The van der Waals surface area contributed by atoms with Gasteiger partial charge in [0.15, 0.2) is 0 Å². The van der Waals surface area contributed by atoms with Crippen LogP contribution in [0.4, 0.5) is 0 Å². The number of rotatable bonds is 13. The molecule has 0 saturated heterocycles. The van der Waals surface area contributed by atoms with Crippen molar-refractivity contribution in [1.29, 1.82) is 0 Å². The first-order valence-electron chi connectivity index (χ1n) is 7.12. The van der Waals surface area contributed by atoms with Crippen LogP contribution in [0.15, 0.2) is 12.3 Å². The van der Waals surface area contributed by atoms with E-state index in [9.17, 15) is 4.79 Å². The van der Waals surface area contributed by atoms with E-state index in [4.69, 9.17) is 4.74 Å². The molecule has 100 valence electrons. The van der Waals surface area contributed by atoms with Gasteiger partial charge in [-0.05, 0) is 31.8 Å². The van der Waals surface area contributed by atoms with Gasteiger partial charge in [0.05, 0.1) is 12.9 Å². The molecule has 0 aromatic heterocycles. The molecule has 0 fully saturated rings. The number of carbonyl (C=O) groups excluding carboxylic acids is 1. The molecule has 0 aromatic carbocycles. The summed E-state index contributed by atoms with van der Waals surface area (Å²) >= 11 is 0. The van der Waals surface area contributed by atoms with Crippen LogP contribution in [0, 0.1) is 0 Å². The predicted molar refractivity (Wildman–Crippen MR) is 73.0 cm³/mol. The van der Waals surface area contributed by atoms with Crippen LogP contribution in [0.25, 0.3) is 0 Å². The molecule has 0 aromatic rings. The van der Waals surface area contributed by atoms with Gasteiger partial charge in [0.2, 0.25) is 0 Å². The van der Waals surface area contributed by atoms with Crippen LogP contribution in [0.5, 0.6) is 0 Å². The van der Waals surface area contributed by atoms with Crippen molar-refractivity contribution < 1.29 is 9.53 Å². The Bertz CT molecular complexity index is 176. The summed E-state index contributed by atoms with van der Waals surface area (Å²) in [4.78, 5) is 10.1. The highest BCUT2D eigenvalue weighted by atomic mass is 16.5. The summed E-state index contributed by atoms with van der Waals surface area (Å²) in [5.41, 5.74) is 0. The second-order valence-electron chi connectivity index (χ2n) is 4.46. The third kappa shape index (κ3) is 15.2. The Kier molecular flexibility index (Phi) is 14.5. The summed E-state index contributed by atoms with van der Waals surface area (Å²) in [6.07, 6.45) is 16.5. The molecule has 0 bridgehead atoms. The smallest absolute Gasteiger partial charge is 0.119 e. The molecule has 0 heterocycles. The van der Waals surface area contributed by atoms with Crippen molar-refractivity contribution in [3.63, 3.8) is 0 Å². The molecular weight excluding hydrogens is 212 g/mol. The molecule has 0 saturated carbocycles. The number of unbranched alkanes of at least 4 members (excludes halogenated alkanes) is 8. The van der Waals surface area contributed by atoms with Crippen LogP contribution < -0.4 is 0 Å². The molecule has 0 aliphatic rings. The summed E-state index contributed by atoms with van der Waals surface area (Å²) in [5.74, 6) is 0. The minimum atomic E-state index is 0.719. The third-order valence-electron chi connectivity index (χ3n) is 2.75. The largest absolute Gasteiger partial charge is 0.502 e. The third-order valence-corrected chi connectivity index (χ3v) is 2.75. The van der Waals surface area contributed by atoms with Crippen LogP contribution >= 0.6 is 0 Å². The lowest BCUT2D eigenvalue weighted by molar-refractivity contribution is -0.107. The van der Waals surface area contributed by atoms with E-state index >= 15 is 0 Å². The maximum absolute atomic E-state index is 10.1. The maximum Gasteiger partial charge on any atom is 0.119 e. The van der Waals surface area contributed by atoms with E-state index < -0.39 is 0 Å². The van der Waals surface area contributed by atoms with E-state index in [1.807, 2.05) is 6.26 Å². The van der Waals surface area contributed by atoms with E-state index in [2.05, 4.69) is 13.0 Å². The molecule has 0 spiro atoms. The molecule has 2 heteroatoms. The van der Waals surface area contributed by atoms with Gasteiger partial charge in [-0.2, -0.15) is 0 Å². The highest BCUT2D eigenvalue weighted by molar-refractivity contribution is 5.48. The van der Waals surface area contributed by atoms with Crippen molar-refractivity contribution in [1.82, 2.24) is 0 Å². The van der Waals surface area contributed by atoms with Gasteiger partial charge in [-0.1, -0.05) is 39.0 Å². The first-order chi connectivity index (χ1) is 8.41. The van der Waals surface area contributed by atoms with Crippen molar-refractivity contribution in [2.45, 2.75) is 71.1 Å². The van der Waals surface area contributed by atoms with Gasteiger partial charge in [-0.15, -0.1) is 0 Å². The zero-order valence-corrected chi connectivity index (χ0v) is 11.3. The molecule has 0 N–H and O–H groups in total. The van der Waals surface area contributed by atoms with Crippen molar-refractivity contribution in [2.75, 3.05) is 6.61 Å². The Balaban J connectivity index is 2.99. The predicted octanol–water partition coefficient (Wildman–Crippen LogP) is 4.64. The Morgan fingerprint density at radius 1 is 0.882 bits per heavy atom. The van der Waals surface area contributed by atoms with Crippen molar-refractivity contribution in [3.05, 3.63) is 12.3 Å². The van der Waals surface area contributed by atoms with Gasteiger partial charge < -0.3 is 9.53 Å². The number of aldehydes is 1. The number of hydrogen-bond acceptors (Lipinski definition) is 2. The highest BCUT2D eigenvalue weighted by Crippen LogP contribution is 2.05. The number of allylic oxidation sites excluding steroid dienone is 1. The Labute approximate surface area is 106 Å². The fourth-order valence-electron chi connectivity index (χ4n) is 1.66. The topological polar surface area (TPSA) is 26.3 Å². The lowest BCUT2D eigenvalue weighted by atomic mass is 10.1. The molecular formula is C15H28O2. The normalized spacial score (nSPS) is 10.9. The summed E-state index contributed by atoms with van der Waals surface area (Å²) in [5, 5.41) is 0. The second-order valence-corrected chi connectivity index (χ2v) is 4.46. The summed E-state index contributed by atoms with van der Waals surface area (Å²) in [6.45, 7) is 3.05. The maximum atomic E-state index is 10.1. The highest BCUT2D eigenvalue weighted by Gasteiger charge is 1.90. The van der Waals surface area contributed by atoms with E-state index in [0.29, 0.717) is 0 Å². The zero-order chi connectivity index (χ0) is 12.6. The average Bonchev–Trinajstić information content (AvgIpc) is 2.35. The van der Waals surface area contributed by atoms with Gasteiger partial charge >= 0.3 is 0 Å². The van der Waals surface area contributed by atoms with Gasteiger partial charge in [-0.25, -0.2) is 0 Å². The fraction of sp³-hybridized carbons (Fsp3) is 0.800. The van der Waals surface area contributed by atoms with Crippen molar-refractivity contribution >= 4 is 6.29 Å². The standard InChI is InChI=1S/C15H28O2/c1-2-3-4-8-11-14-17-15-12-9-6-5-7-10-13-16/h11,13-14H,2-10,12,15H2,1H3. The summed E-state index contributed by atoms with van der Waals surface area (Å²) < 4.78 is 5.40. The number of ether oxygens (including phenoxy) is 1. The van der Waals surface area contributed by atoms with Gasteiger partial charge in [0, 0.05) is 6.42 Å². The van der Waals surface area contributed by atoms with Crippen molar-refractivity contribution in [2.24, 2.45) is 0 Å². The quantitative estimate of drug-likeness (QED) is 0.266. The van der Waals surface area contributed by atoms with Gasteiger partial charge in [-0.3, -0.25) is 0 Å². The minimum absolute atomic E-state index is 0.719. The van der Waals surface area contributed by atoms with Crippen LogP contribution in [0.2, 0.25) is 0 Å². The number of hydrogen-bond donors (Lipinski definition) is 0. The van der Waals surface area contributed by atoms with E-state index in [1.165, 1.54) is 38.5 Å². The molecule has 0 aliphatic carbocycles. The fourth-order valence-corrected chi connectivity index (χ4v) is 1.66. The molecule has 0 amide bonds. The summed E-state index contributed by atoms with van der Waals surface area (Å²) in [6, 6.07) is 0. The van der Waals surface area contributed by atoms with Crippen LogP contribution in [-0.2, 0) is 9.53 Å². The van der Waals surface area contributed by atoms with Crippen LogP contribution in [-0.4, -0.2) is 12.9 Å². The van der Waals surface area contributed by atoms with Gasteiger partial charge in [0.25, 0.3) is 0 Å². The average molecular weight is 240 g/mol. The van der Waals surface area contributed by atoms with E-state index in [0.717, 1.165) is 38.6 Å². The first-order valence-corrected chi connectivity index (χ1v) is 7.12. The molecule has 0 atom stereocenters. The van der Waals surface area contributed by atoms with Crippen LogP contribution in [0.3, 0.4) is 0 Å². The molecule has 17 heavy (non-hydrogen) atoms. The van der Waals surface area contributed by atoms with E-state index in [1.54, 1.807) is 0 Å². The lowest BCUT2D eigenvalue weighted by Crippen LogP contribution is -1.88. The minimum Gasteiger partial charge on any atom is -0.502 e. The monoisotopic (exact) mass is 240 g/mol. The summed E-state index contributed by atoms with van der Waals surface area (Å²) in [7, 11) is 0. The molecule has 0 radical (unpaired) electrons.